The van der Waals surface area contributed by atoms with Gasteiger partial charge in [0.05, 0.1) is 18.2 Å². The molecule has 0 unspecified atom stereocenters. The van der Waals surface area contributed by atoms with Crippen molar-refractivity contribution in [1.82, 2.24) is 0 Å². The fourth-order valence-electron chi connectivity index (χ4n) is 2.18. The summed E-state index contributed by atoms with van der Waals surface area (Å²) in [5, 5.41) is 16.8. The molecule has 0 saturated heterocycles. The van der Waals surface area contributed by atoms with Crippen LogP contribution in [0.5, 0.6) is 0 Å². The second kappa shape index (κ2) is 5.66. The number of nitrogens with zero attached hydrogens (tertiary/aromatic N) is 1. The van der Waals surface area contributed by atoms with E-state index in [0.29, 0.717) is 5.56 Å². The summed E-state index contributed by atoms with van der Waals surface area (Å²) in [6.07, 6.45) is 0. The number of thiophene rings is 1. The number of nitriles is 1. The van der Waals surface area contributed by atoms with Crippen LogP contribution in [0.1, 0.15) is 10.4 Å². The molecular formula is C16H11BrN2S. The van der Waals surface area contributed by atoms with Crippen molar-refractivity contribution in [3.05, 3.63) is 62.8 Å². The molecule has 0 aliphatic rings. The summed E-state index contributed by atoms with van der Waals surface area (Å²) < 4.78 is 1.13. The number of nitrogens with one attached hydrogen (secondary N) is 1. The second-order valence-corrected chi connectivity index (χ2v) is 6.22. The highest BCUT2D eigenvalue weighted by Gasteiger charge is 2.06. The van der Waals surface area contributed by atoms with Gasteiger partial charge < -0.3 is 5.32 Å². The van der Waals surface area contributed by atoms with Crippen molar-refractivity contribution in [1.29, 1.82) is 5.26 Å². The van der Waals surface area contributed by atoms with Crippen molar-refractivity contribution >= 4 is 43.7 Å². The minimum Gasteiger partial charge on any atom is -0.380 e. The number of fused-ring (bicyclic) bond motifs is 1. The highest BCUT2D eigenvalue weighted by Crippen LogP contribution is 2.28. The first-order chi connectivity index (χ1) is 9.79. The fraction of sp³-hybridized carbons (Fsp3) is 0.0625. The van der Waals surface area contributed by atoms with Gasteiger partial charge in [0, 0.05) is 25.8 Å². The summed E-state index contributed by atoms with van der Waals surface area (Å²) in [7, 11) is 0. The van der Waals surface area contributed by atoms with Crippen LogP contribution in [0.25, 0.3) is 10.8 Å². The number of hydrogen-bond acceptors (Lipinski definition) is 3. The molecule has 4 heteroatoms. The lowest BCUT2D eigenvalue weighted by atomic mass is 10.0. The average Bonchev–Trinajstić information content (AvgIpc) is 2.90. The zero-order valence-corrected chi connectivity index (χ0v) is 13.0. The van der Waals surface area contributed by atoms with E-state index in [4.69, 9.17) is 5.26 Å². The second-order valence-electron chi connectivity index (χ2n) is 4.36. The van der Waals surface area contributed by atoms with Gasteiger partial charge >= 0.3 is 0 Å². The molecule has 0 bridgehead atoms. The van der Waals surface area contributed by atoms with Crippen LogP contribution in [0.4, 0.5) is 5.69 Å². The maximum Gasteiger partial charge on any atom is 0.0998 e. The quantitative estimate of drug-likeness (QED) is 0.714. The third kappa shape index (κ3) is 2.43. The van der Waals surface area contributed by atoms with Crippen molar-refractivity contribution in [2.45, 2.75) is 6.54 Å². The first-order valence-corrected chi connectivity index (χ1v) is 7.84. The van der Waals surface area contributed by atoms with E-state index in [1.807, 2.05) is 36.4 Å². The van der Waals surface area contributed by atoms with E-state index in [1.54, 1.807) is 11.3 Å². The van der Waals surface area contributed by atoms with Crippen LogP contribution in [0.15, 0.2) is 52.3 Å². The zero-order chi connectivity index (χ0) is 13.9. The lowest BCUT2D eigenvalue weighted by molar-refractivity contribution is 1.19. The maximum atomic E-state index is 9.17. The molecule has 1 N–H and O–H groups in total. The predicted octanol–water partition coefficient (Wildman–Crippen LogP) is 5.15. The minimum absolute atomic E-state index is 0.712. The topological polar surface area (TPSA) is 35.8 Å². The SMILES string of the molecule is N#Cc1ccc(NCc2sccc2Br)c2ccccc12. The molecule has 3 rings (SSSR count). The van der Waals surface area contributed by atoms with Crippen LogP contribution in [0, 0.1) is 11.3 Å². The average molecular weight is 343 g/mol. The van der Waals surface area contributed by atoms with E-state index in [2.05, 4.69) is 38.8 Å². The van der Waals surface area contributed by atoms with Crippen LogP contribution in [0.2, 0.25) is 0 Å². The standard InChI is InChI=1S/C16H11BrN2S/c17-14-7-8-20-16(14)10-19-15-6-5-11(9-18)12-3-1-2-4-13(12)15/h1-8,19H,10H2. The molecule has 2 nitrogen and oxygen atoms in total. The van der Waals surface area contributed by atoms with Crippen molar-refractivity contribution in [2.75, 3.05) is 5.32 Å². The van der Waals surface area contributed by atoms with Crippen molar-refractivity contribution in [2.24, 2.45) is 0 Å². The molecule has 2 aromatic carbocycles. The smallest absolute Gasteiger partial charge is 0.0998 e. The third-order valence-electron chi connectivity index (χ3n) is 3.17. The summed E-state index contributed by atoms with van der Waals surface area (Å²) >= 11 is 5.26. The van der Waals surface area contributed by atoms with Gasteiger partial charge in [0.1, 0.15) is 0 Å². The Morgan fingerprint density at radius 1 is 1.10 bits per heavy atom. The van der Waals surface area contributed by atoms with E-state index in [1.165, 1.54) is 4.88 Å². The Morgan fingerprint density at radius 3 is 2.60 bits per heavy atom. The Balaban J connectivity index is 1.97. The summed E-state index contributed by atoms with van der Waals surface area (Å²) in [5.41, 5.74) is 1.77. The maximum absolute atomic E-state index is 9.17. The Labute approximate surface area is 129 Å². The van der Waals surface area contributed by atoms with Gasteiger partial charge in [0.15, 0.2) is 0 Å². The summed E-state index contributed by atoms with van der Waals surface area (Å²) in [4.78, 5) is 1.26. The largest absolute Gasteiger partial charge is 0.380 e. The van der Waals surface area contributed by atoms with E-state index in [9.17, 15) is 0 Å². The molecule has 98 valence electrons. The molecule has 0 fully saturated rings. The number of hydrogen-bond donors (Lipinski definition) is 1. The molecule has 0 atom stereocenters. The molecule has 20 heavy (non-hydrogen) atoms. The molecule has 0 aliphatic carbocycles. The molecule has 0 radical (unpaired) electrons. The zero-order valence-electron chi connectivity index (χ0n) is 10.6. The van der Waals surface area contributed by atoms with Gasteiger partial charge in [-0.3, -0.25) is 0 Å². The molecular weight excluding hydrogens is 332 g/mol. The molecule has 1 aromatic heterocycles. The van der Waals surface area contributed by atoms with Crippen molar-refractivity contribution < 1.29 is 0 Å². The molecule has 3 aromatic rings. The summed E-state index contributed by atoms with van der Waals surface area (Å²) in [5.74, 6) is 0. The van der Waals surface area contributed by atoms with Crippen LogP contribution in [0.3, 0.4) is 0 Å². The lowest BCUT2D eigenvalue weighted by Crippen LogP contribution is -1.99. The Kier molecular flexibility index (Phi) is 3.72. The van der Waals surface area contributed by atoms with Gasteiger partial charge in [-0.05, 0) is 39.5 Å². The van der Waals surface area contributed by atoms with E-state index < -0.39 is 0 Å². The van der Waals surface area contributed by atoms with Crippen LogP contribution in [-0.2, 0) is 6.54 Å². The van der Waals surface area contributed by atoms with E-state index >= 15 is 0 Å². The lowest BCUT2D eigenvalue weighted by Gasteiger charge is -2.10. The number of anilines is 1. The van der Waals surface area contributed by atoms with Crippen LogP contribution in [-0.4, -0.2) is 0 Å². The number of rotatable bonds is 3. The van der Waals surface area contributed by atoms with Gasteiger partial charge in [-0.25, -0.2) is 0 Å². The van der Waals surface area contributed by atoms with Gasteiger partial charge in [-0.1, -0.05) is 24.3 Å². The summed E-state index contributed by atoms with van der Waals surface area (Å²) in [6.45, 7) is 0.772. The first-order valence-electron chi connectivity index (χ1n) is 6.17. The fourth-order valence-corrected chi connectivity index (χ4v) is 3.61. The molecule has 0 spiro atoms. The van der Waals surface area contributed by atoms with Gasteiger partial charge in [0.2, 0.25) is 0 Å². The predicted molar refractivity (Wildman–Crippen MR) is 88.0 cm³/mol. The van der Waals surface area contributed by atoms with Gasteiger partial charge in [-0.15, -0.1) is 11.3 Å². The van der Waals surface area contributed by atoms with Gasteiger partial charge in [-0.2, -0.15) is 5.26 Å². The Bertz CT molecular complexity index is 802. The normalized spacial score (nSPS) is 10.4. The molecule has 0 amide bonds. The number of halogens is 1. The van der Waals surface area contributed by atoms with Crippen molar-refractivity contribution in [3.63, 3.8) is 0 Å². The van der Waals surface area contributed by atoms with Crippen LogP contribution < -0.4 is 5.32 Å². The van der Waals surface area contributed by atoms with Gasteiger partial charge in [0.25, 0.3) is 0 Å². The van der Waals surface area contributed by atoms with Crippen molar-refractivity contribution in [3.8, 4) is 6.07 Å². The monoisotopic (exact) mass is 342 g/mol. The first kappa shape index (κ1) is 13.2. The Hall–Kier alpha value is -1.83. The number of benzene rings is 2. The highest BCUT2D eigenvalue weighted by atomic mass is 79.9. The molecule has 1 heterocycles. The Morgan fingerprint density at radius 2 is 1.90 bits per heavy atom. The highest BCUT2D eigenvalue weighted by molar-refractivity contribution is 9.10. The molecule has 0 aliphatic heterocycles. The molecule has 0 saturated carbocycles. The van der Waals surface area contributed by atoms with E-state index in [-0.39, 0.29) is 0 Å². The minimum atomic E-state index is 0.712. The third-order valence-corrected chi connectivity index (χ3v) is 5.10. The van der Waals surface area contributed by atoms with E-state index in [0.717, 1.165) is 27.5 Å². The van der Waals surface area contributed by atoms with Crippen LogP contribution >= 0.6 is 27.3 Å². The summed E-state index contributed by atoms with van der Waals surface area (Å²) in [6, 6.07) is 16.1.